The van der Waals surface area contributed by atoms with Crippen LogP contribution in [0.2, 0.25) is 0 Å². The molecule has 1 spiro atoms. The van der Waals surface area contributed by atoms with Gasteiger partial charge >= 0.3 is 5.63 Å². The van der Waals surface area contributed by atoms with Crippen molar-refractivity contribution in [2.24, 2.45) is 0 Å². The van der Waals surface area contributed by atoms with Crippen molar-refractivity contribution in [1.29, 1.82) is 0 Å². The van der Waals surface area contributed by atoms with E-state index >= 15 is 4.79 Å². The molecule has 14 nitrogen and oxygen atoms in total. The third kappa shape index (κ3) is 8.28. The number of piperazine rings is 1. The molecule has 0 bridgehead atoms. The van der Waals surface area contributed by atoms with Crippen LogP contribution < -0.4 is 35.8 Å². The number of thiocarbonyl (C=S) groups is 1. The Balaban J connectivity index is 1.06. The van der Waals surface area contributed by atoms with Crippen LogP contribution in [0, 0.1) is 0 Å². The van der Waals surface area contributed by atoms with Gasteiger partial charge in [0.15, 0.2) is 5.11 Å². The van der Waals surface area contributed by atoms with Gasteiger partial charge < -0.3 is 39.0 Å². The Bertz CT molecular complexity index is 2950. The van der Waals surface area contributed by atoms with Gasteiger partial charge in [0.05, 0.1) is 0 Å². The van der Waals surface area contributed by atoms with Gasteiger partial charge in [0, 0.05) is 140 Å². The first-order chi connectivity index (χ1) is 33.5. The van der Waals surface area contributed by atoms with E-state index in [1.807, 2.05) is 78.9 Å². The summed E-state index contributed by atoms with van der Waals surface area (Å²) in [5.41, 5.74) is 8.10. The second-order valence-electron chi connectivity index (χ2n) is 17.3. The van der Waals surface area contributed by atoms with Crippen molar-refractivity contribution < 1.29 is 23.5 Å². The molecule has 3 aliphatic rings. The monoisotopic (exact) mass is 946 g/mol. The Morgan fingerprint density at radius 2 is 1.14 bits per heavy atom. The molecule has 5 aromatic carbocycles. The van der Waals surface area contributed by atoms with Gasteiger partial charge in [-0.1, -0.05) is 36.4 Å². The Morgan fingerprint density at radius 1 is 0.623 bits per heavy atom. The minimum Gasteiger partial charge on any atom is -0.456 e. The molecule has 0 unspecified atom stereocenters. The first-order valence-corrected chi connectivity index (χ1v) is 24.4. The number of nitrogens with one attached hydrogen (secondary N) is 2. The number of carbonyl (C=O) groups excluding carboxylic acids is 3. The number of fused-ring (bicyclic) bond motifs is 7. The number of benzene rings is 5. The highest BCUT2D eigenvalue weighted by Crippen LogP contribution is 2.58. The van der Waals surface area contributed by atoms with E-state index < -0.39 is 17.1 Å². The predicted molar refractivity (Wildman–Crippen MR) is 276 cm³/mol. The summed E-state index contributed by atoms with van der Waals surface area (Å²) < 4.78 is 12.6. The molecule has 15 heteroatoms. The van der Waals surface area contributed by atoms with Crippen molar-refractivity contribution in [2.75, 3.05) is 85.5 Å². The maximum atomic E-state index is 15.3. The summed E-state index contributed by atoms with van der Waals surface area (Å²) in [7, 11) is 0. The molecular weight excluding hydrogens is 889 g/mol. The third-order valence-corrected chi connectivity index (χ3v) is 14.0. The zero-order valence-electron chi connectivity index (χ0n) is 40.0. The summed E-state index contributed by atoms with van der Waals surface area (Å²) in [6.07, 6.45) is 0. The molecule has 4 heterocycles. The summed E-state index contributed by atoms with van der Waals surface area (Å²) in [6, 6.07) is 34.3. The van der Waals surface area contributed by atoms with Gasteiger partial charge in [-0.25, -0.2) is 9.80 Å². The SMILES string of the molecule is CCN(CC)c1ccc2c(c1)Oc1cc(N(CC)CC)ccc1C21c2ccc(C(=O)N3CCN(C(=O)c4cc5ccc(N(CC)CC)cc5oc4=O)CC3)cc2C(=O)N1NC(=S)Nc1ccccc1. The number of hydrazine groups is 1. The summed E-state index contributed by atoms with van der Waals surface area (Å²) >= 11 is 5.95. The Labute approximate surface area is 408 Å². The minimum atomic E-state index is -1.29. The normalized spacial score (nSPS) is 14.5. The Morgan fingerprint density at radius 3 is 1.71 bits per heavy atom. The Hall–Kier alpha value is -7.39. The molecule has 1 fully saturated rings. The molecule has 1 saturated heterocycles. The van der Waals surface area contributed by atoms with E-state index in [1.54, 1.807) is 33.0 Å². The fraction of sp³-hybridized carbons (Fsp3) is 0.315. The lowest BCUT2D eigenvalue weighted by Gasteiger charge is -2.44. The van der Waals surface area contributed by atoms with Gasteiger partial charge in [-0.2, -0.15) is 0 Å². The number of carbonyl (C=O) groups is 3. The smallest absolute Gasteiger partial charge is 0.349 e. The fourth-order valence-electron chi connectivity index (χ4n) is 10.1. The summed E-state index contributed by atoms with van der Waals surface area (Å²) in [4.78, 5) is 66.7. The molecule has 9 rings (SSSR count). The topological polar surface area (TPSA) is 134 Å². The molecule has 3 aliphatic heterocycles. The van der Waals surface area contributed by atoms with Crippen LogP contribution in [0.25, 0.3) is 11.0 Å². The van der Waals surface area contributed by atoms with E-state index in [4.69, 9.17) is 21.4 Å². The quantitative estimate of drug-likeness (QED) is 0.0848. The highest BCUT2D eigenvalue weighted by Gasteiger charge is 2.57. The second kappa shape index (κ2) is 19.3. The molecule has 1 aromatic heterocycles. The van der Waals surface area contributed by atoms with Crippen LogP contribution >= 0.6 is 12.2 Å². The van der Waals surface area contributed by atoms with Crippen molar-refractivity contribution in [1.82, 2.24) is 20.2 Å². The molecular formula is C54H58N8O6S. The zero-order valence-corrected chi connectivity index (χ0v) is 40.8. The summed E-state index contributed by atoms with van der Waals surface area (Å²) in [6.45, 7) is 18.2. The maximum absolute atomic E-state index is 15.3. The standard InChI is InChI=1S/C54H58N8O6S/c1-7-57(8-2)38-20-18-35-30-42(52(66)68-46(35)32-38)50(64)61-28-26-60(27-29-61)49(63)36-19-23-43-41(31-36)51(65)62(56-53(69)55-37-16-14-13-15-17-37)54(43)44-24-21-39(58(9-3)10-4)33-47(44)67-48-34-40(22-25-45(48)54)59(11-5)12-6/h13-25,30-34H,7-12,26-29H2,1-6H3,(H2,55,56,69). The van der Waals surface area contributed by atoms with Crippen LogP contribution in [0.5, 0.6) is 11.5 Å². The summed E-state index contributed by atoms with van der Waals surface area (Å²) in [5.74, 6) is 0.0731. The zero-order chi connectivity index (χ0) is 48.6. The number of hydrogen-bond donors (Lipinski definition) is 2. The van der Waals surface area contributed by atoms with Gasteiger partial charge in [0.2, 0.25) is 0 Å². The molecule has 6 aromatic rings. The van der Waals surface area contributed by atoms with Crippen LogP contribution in [0.15, 0.2) is 118 Å². The Kier molecular flexibility index (Phi) is 13.1. The highest BCUT2D eigenvalue weighted by molar-refractivity contribution is 7.80. The number of hydrogen-bond acceptors (Lipinski definition) is 10. The van der Waals surface area contributed by atoms with E-state index in [2.05, 4.69) is 79.1 Å². The number of amides is 3. The van der Waals surface area contributed by atoms with Gasteiger partial charge in [0.25, 0.3) is 17.7 Å². The fourth-order valence-corrected chi connectivity index (χ4v) is 10.3. The lowest BCUT2D eigenvalue weighted by atomic mass is 9.75. The first-order valence-electron chi connectivity index (χ1n) is 24.0. The summed E-state index contributed by atoms with van der Waals surface area (Å²) in [5, 5.41) is 5.68. The lowest BCUT2D eigenvalue weighted by Crippen LogP contribution is -2.56. The lowest BCUT2D eigenvalue weighted by molar-refractivity contribution is 0.0533. The number of ether oxygens (including phenoxy) is 1. The number of nitrogens with zero attached hydrogens (tertiary/aromatic N) is 6. The van der Waals surface area contributed by atoms with Crippen molar-refractivity contribution in [3.05, 3.63) is 153 Å². The second-order valence-corrected chi connectivity index (χ2v) is 17.7. The average molecular weight is 947 g/mol. The van der Waals surface area contributed by atoms with Crippen LogP contribution in [0.3, 0.4) is 0 Å². The minimum absolute atomic E-state index is 0.0506. The number of rotatable bonds is 13. The van der Waals surface area contributed by atoms with Crippen molar-refractivity contribution >= 4 is 68.8 Å². The largest absolute Gasteiger partial charge is 0.456 e. The third-order valence-electron chi connectivity index (χ3n) is 13.8. The molecule has 0 radical (unpaired) electrons. The molecule has 2 N–H and O–H groups in total. The van der Waals surface area contributed by atoms with Gasteiger partial charge in [-0.3, -0.25) is 19.8 Å². The van der Waals surface area contributed by atoms with Crippen molar-refractivity contribution in [2.45, 2.75) is 47.1 Å². The predicted octanol–water partition coefficient (Wildman–Crippen LogP) is 8.68. The van der Waals surface area contributed by atoms with Gasteiger partial charge in [-0.15, -0.1) is 0 Å². The van der Waals surface area contributed by atoms with E-state index in [0.29, 0.717) is 39.2 Å². The van der Waals surface area contributed by atoms with Crippen LogP contribution in [-0.2, 0) is 5.54 Å². The maximum Gasteiger partial charge on any atom is 0.349 e. The molecule has 0 aliphatic carbocycles. The molecule has 69 heavy (non-hydrogen) atoms. The van der Waals surface area contributed by atoms with E-state index in [1.165, 1.54) is 0 Å². The highest BCUT2D eigenvalue weighted by atomic mass is 32.1. The number of para-hydroxylation sites is 1. The van der Waals surface area contributed by atoms with E-state index in [9.17, 15) is 14.4 Å². The molecule has 0 atom stereocenters. The van der Waals surface area contributed by atoms with Gasteiger partial charge in [0.1, 0.15) is 28.2 Å². The number of anilines is 4. The van der Waals surface area contributed by atoms with Crippen molar-refractivity contribution in [3.8, 4) is 11.5 Å². The molecule has 356 valence electrons. The van der Waals surface area contributed by atoms with Crippen LogP contribution in [-0.4, -0.2) is 103 Å². The average Bonchev–Trinajstić information content (AvgIpc) is 3.60. The molecule has 0 saturated carbocycles. The van der Waals surface area contributed by atoms with E-state index in [0.717, 1.165) is 73.1 Å². The first kappa shape index (κ1) is 46.7. The van der Waals surface area contributed by atoms with Crippen LogP contribution in [0.4, 0.5) is 22.7 Å². The van der Waals surface area contributed by atoms with Crippen molar-refractivity contribution in [3.63, 3.8) is 0 Å². The van der Waals surface area contributed by atoms with Gasteiger partial charge in [-0.05, 0) is 108 Å². The van der Waals surface area contributed by atoms with E-state index in [-0.39, 0.29) is 48.7 Å². The molecule has 3 amide bonds. The van der Waals surface area contributed by atoms with Crippen LogP contribution in [0.1, 0.15) is 89.3 Å².